The molecule has 2 heterocycles. The Morgan fingerprint density at radius 1 is 1.50 bits per heavy atom. The van der Waals surface area contributed by atoms with Crippen molar-refractivity contribution in [3.8, 4) is 0 Å². The van der Waals surface area contributed by atoms with E-state index in [2.05, 4.69) is 20.6 Å². The summed E-state index contributed by atoms with van der Waals surface area (Å²) in [5, 5.41) is 6.93. The molecule has 6 nitrogen and oxygen atoms in total. The predicted octanol–water partition coefficient (Wildman–Crippen LogP) is 0.439. The predicted molar refractivity (Wildman–Crippen MR) is 70.5 cm³/mol. The second kappa shape index (κ2) is 4.28. The van der Waals surface area contributed by atoms with Crippen LogP contribution in [0, 0.1) is 0 Å². The molecule has 3 rings (SSSR count). The summed E-state index contributed by atoms with van der Waals surface area (Å²) >= 11 is 0. The molecule has 1 spiro atoms. The Kier molecular flexibility index (Phi) is 2.74. The summed E-state index contributed by atoms with van der Waals surface area (Å²) in [4.78, 5) is 18.0. The van der Waals surface area contributed by atoms with Crippen LogP contribution in [0.3, 0.4) is 0 Å². The van der Waals surface area contributed by atoms with Crippen LogP contribution < -0.4 is 21.9 Å². The van der Waals surface area contributed by atoms with E-state index in [9.17, 15) is 4.79 Å². The molecule has 1 aliphatic carbocycles. The zero-order valence-corrected chi connectivity index (χ0v) is 10.3. The molecule has 2 aliphatic rings. The first-order valence-electron chi connectivity index (χ1n) is 6.53. The fourth-order valence-corrected chi connectivity index (χ4v) is 2.98. The third-order valence-electron chi connectivity index (χ3n) is 4.17. The van der Waals surface area contributed by atoms with Crippen LogP contribution in [0.25, 0.3) is 0 Å². The first kappa shape index (κ1) is 11.5. The van der Waals surface area contributed by atoms with Crippen LogP contribution in [0.2, 0.25) is 0 Å². The molecule has 0 amide bonds. The number of hydrogen-bond donors (Lipinski definition) is 4. The van der Waals surface area contributed by atoms with E-state index in [4.69, 9.17) is 5.73 Å². The lowest BCUT2D eigenvalue weighted by molar-refractivity contribution is 0.135. The maximum absolute atomic E-state index is 11.4. The SMILES string of the molecule is Nc1c(NC2CCNC3(CCC3)C2)nc[nH]c1=O. The molecular formula is C12H19N5O. The van der Waals surface area contributed by atoms with E-state index in [1.165, 1.54) is 25.6 Å². The average molecular weight is 249 g/mol. The first-order valence-corrected chi connectivity index (χ1v) is 6.53. The van der Waals surface area contributed by atoms with Crippen LogP contribution in [0.5, 0.6) is 0 Å². The van der Waals surface area contributed by atoms with Crippen LogP contribution in [-0.4, -0.2) is 28.1 Å². The van der Waals surface area contributed by atoms with Crippen molar-refractivity contribution in [3.63, 3.8) is 0 Å². The molecule has 1 aromatic heterocycles. The smallest absolute Gasteiger partial charge is 0.276 e. The number of piperidine rings is 1. The minimum Gasteiger partial charge on any atom is -0.391 e. The van der Waals surface area contributed by atoms with Crippen molar-refractivity contribution in [2.75, 3.05) is 17.6 Å². The minimum absolute atomic E-state index is 0.179. The second-order valence-electron chi connectivity index (χ2n) is 5.39. The number of nitrogen functional groups attached to an aromatic ring is 1. The molecule has 1 saturated carbocycles. The topological polar surface area (TPSA) is 95.8 Å². The van der Waals surface area contributed by atoms with Gasteiger partial charge in [-0.3, -0.25) is 4.79 Å². The fourth-order valence-electron chi connectivity index (χ4n) is 2.98. The van der Waals surface area contributed by atoms with Gasteiger partial charge in [-0.05, 0) is 38.6 Å². The van der Waals surface area contributed by atoms with Crippen LogP contribution >= 0.6 is 0 Å². The number of nitrogens with one attached hydrogen (secondary N) is 3. The van der Waals surface area contributed by atoms with Gasteiger partial charge in [0.25, 0.3) is 5.56 Å². The molecule has 0 radical (unpaired) electrons. The van der Waals surface area contributed by atoms with Crippen molar-refractivity contribution in [3.05, 3.63) is 16.7 Å². The minimum atomic E-state index is -0.278. The number of nitrogens with two attached hydrogens (primary N) is 1. The standard InChI is InChI=1S/C12H19N5O/c13-9-10(14-7-15-11(9)18)17-8-2-5-16-12(6-8)3-1-4-12/h7-8,16H,1-6,13H2,(H2,14,15,17,18). The van der Waals surface area contributed by atoms with Crippen LogP contribution in [0.15, 0.2) is 11.1 Å². The summed E-state index contributed by atoms with van der Waals surface area (Å²) in [5.41, 5.74) is 5.96. The number of aromatic nitrogens is 2. The summed E-state index contributed by atoms with van der Waals surface area (Å²) < 4.78 is 0. The lowest BCUT2D eigenvalue weighted by Gasteiger charge is -2.48. The van der Waals surface area contributed by atoms with Crippen molar-refractivity contribution >= 4 is 11.5 Å². The van der Waals surface area contributed by atoms with Gasteiger partial charge in [0.05, 0.1) is 6.33 Å². The highest BCUT2D eigenvalue weighted by Gasteiger charge is 2.40. The molecule has 1 atom stereocenters. The lowest BCUT2D eigenvalue weighted by atomic mass is 9.70. The van der Waals surface area contributed by atoms with Crippen LogP contribution in [-0.2, 0) is 0 Å². The highest BCUT2D eigenvalue weighted by atomic mass is 16.1. The molecular weight excluding hydrogens is 230 g/mol. The molecule has 1 unspecified atom stereocenters. The number of aromatic amines is 1. The van der Waals surface area contributed by atoms with E-state index in [1.54, 1.807) is 0 Å². The van der Waals surface area contributed by atoms with Crippen molar-refractivity contribution in [1.29, 1.82) is 0 Å². The molecule has 1 saturated heterocycles. The maximum atomic E-state index is 11.4. The Morgan fingerprint density at radius 3 is 3.06 bits per heavy atom. The van der Waals surface area contributed by atoms with Gasteiger partial charge in [0.2, 0.25) is 0 Å². The maximum Gasteiger partial charge on any atom is 0.276 e. The number of H-pyrrole nitrogens is 1. The number of anilines is 2. The largest absolute Gasteiger partial charge is 0.391 e. The monoisotopic (exact) mass is 249 g/mol. The van der Waals surface area contributed by atoms with Gasteiger partial charge in [-0.2, -0.15) is 0 Å². The van der Waals surface area contributed by atoms with E-state index in [0.717, 1.165) is 19.4 Å². The average Bonchev–Trinajstić information content (AvgIpc) is 2.34. The van der Waals surface area contributed by atoms with Gasteiger partial charge in [-0.25, -0.2) is 4.98 Å². The molecule has 98 valence electrons. The molecule has 18 heavy (non-hydrogen) atoms. The summed E-state index contributed by atoms with van der Waals surface area (Å²) in [6.07, 6.45) is 7.33. The van der Waals surface area contributed by atoms with Crippen LogP contribution in [0.4, 0.5) is 11.5 Å². The summed E-state index contributed by atoms with van der Waals surface area (Å²) in [5.74, 6) is 0.514. The third-order valence-corrected chi connectivity index (χ3v) is 4.17. The summed E-state index contributed by atoms with van der Waals surface area (Å²) in [6, 6.07) is 0.350. The Morgan fingerprint density at radius 2 is 2.33 bits per heavy atom. The third kappa shape index (κ3) is 1.96. The number of rotatable bonds is 2. The van der Waals surface area contributed by atoms with Crippen molar-refractivity contribution in [1.82, 2.24) is 15.3 Å². The van der Waals surface area contributed by atoms with Gasteiger partial charge in [-0.15, -0.1) is 0 Å². The highest BCUT2D eigenvalue weighted by Crippen LogP contribution is 2.38. The molecule has 1 aliphatic heterocycles. The molecule has 0 bridgehead atoms. The van der Waals surface area contributed by atoms with E-state index in [1.807, 2.05) is 0 Å². The van der Waals surface area contributed by atoms with Gasteiger partial charge in [0, 0.05) is 11.6 Å². The van der Waals surface area contributed by atoms with E-state index in [0.29, 0.717) is 17.4 Å². The van der Waals surface area contributed by atoms with E-state index >= 15 is 0 Å². The number of nitrogens with zero attached hydrogens (tertiary/aromatic N) is 1. The number of hydrogen-bond acceptors (Lipinski definition) is 5. The van der Waals surface area contributed by atoms with Gasteiger partial charge < -0.3 is 21.4 Å². The quantitative estimate of drug-likeness (QED) is 0.610. The second-order valence-corrected chi connectivity index (χ2v) is 5.39. The zero-order valence-electron chi connectivity index (χ0n) is 10.3. The summed E-state index contributed by atoms with van der Waals surface area (Å²) in [7, 11) is 0. The first-order chi connectivity index (χ1) is 8.69. The van der Waals surface area contributed by atoms with Gasteiger partial charge in [-0.1, -0.05) is 0 Å². The summed E-state index contributed by atoms with van der Waals surface area (Å²) in [6.45, 7) is 1.01. The molecule has 6 heteroatoms. The van der Waals surface area contributed by atoms with Gasteiger partial charge >= 0.3 is 0 Å². The van der Waals surface area contributed by atoms with Crippen molar-refractivity contribution in [2.24, 2.45) is 0 Å². The lowest BCUT2D eigenvalue weighted by Crippen LogP contribution is -2.58. The normalized spacial score (nSPS) is 25.7. The van der Waals surface area contributed by atoms with Gasteiger partial charge in [0.1, 0.15) is 5.69 Å². The molecule has 1 aromatic rings. The Labute approximate surface area is 105 Å². The van der Waals surface area contributed by atoms with Crippen molar-refractivity contribution in [2.45, 2.75) is 43.7 Å². The van der Waals surface area contributed by atoms with Gasteiger partial charge in [0.15, 0.2) is 5.82 Å². The Balaban J connectivity index is 1.72. The van der Waals surface area contributed by atoms with Crippen LogP contribution in [0.1, 0.15) is 32.1 Å². The molecule has 2 fully saturated rings. The Bertz CT molecular complexity index is 493. The van der Waals surface area contributed by atoms with E-state index < -0.39 is 0 Å². The molecule has 0 aromatic carbocycles. The van der Waals surface area contributed by atoms with E-state index in [-0.39, 0.29) is 11.2 Å². The zero-order chi connectivity index (χ0) is 12.6. The Hall–Kier alpha value is -1.56. The highest BCUT2D eigenvalue weighted by molar-refractivity contribution is 5.59. The molecule has 5 N–H and O–H groups in total. The van der Waals surface area contributed by atoms with Crippen molar-refractivity contribution < 1.29 is 0 Å². The fraction of sp³-hybridized carbons (Fsp3) is 0.667.